The molecule has 0 aromatic carbocycles. The third-order valence-corrected chi connectivity index (χ3v) is 2.60. The molecule has 4 N–H and O–H groups in total. The van der Waals surface area contributed by atoms with Crippen LogP contribution in [0.1, 0.15) is 5.69 Å². The van der Waals surface area contributed by atoms with Crippen molar-refractivity contribution >= 4 is 17.5 Å². The van der Waals surface area contributed by atoms with Gasteiger partial charge in [0.05, 0.1) is 23.8 Å². The van der Waals surface area contributed by atoms with Gasteiger partial charge in [0.1, 0.15) is 13.1 Å². The summed E-state index contributed by atoms with van der Waals surface area (Å²) in [5.41, 5.74) is 6.53. The second-order valence-corrected chi connectivity index (χ2v) is 4.26. The molecule has 2 heterocycles. The molecule has 0 aliphatic carbocycles. The molecule has 2 aromatic rings. The van der Waals surface area contributed by atoms with Crippen LogP contribution in [0.3, 0.4) is 0 Å². The highest BCUT2D eigenvalue weighted by molar-refractivity contribution is 5.90. The summed E-state index contributed by atoms with van der Waals surface area (Å²) in [6, 6.07) is 0. The van der Waals surface area contributed by atoms with Gasteiger partial charge in [0.2, 0.25) is 11.8 Å². The SMILES string of the molecule is CNC(=O)Cn1cc(NC(=O)Cn2cc(CN)nn2)cn1. The van der Waals surface area contributed by atoms with E-state index in [2.05, 4.69) is 26.0 Å². The van der Waals surface area contributed by atoms with Crippen LogP contribution in [-0.2, 0) is 29.2 Å². The molecule has 10 nitrogen and oxygen atoms in total. The molecule has 2 rings (SSSR count). The van der Waals surface area contributed by atoms with Gasteiger partial charge in [0.15, 0.2) is 0 Å². The van der Waals surface area contributed by atoms with E-state index in [0.717, 1.165) is 0 Å². The number of nitrogens with zero attached hydrogens (tertiary/aromatic N) is 5. The van der Waals surface area contributed by atoms with E-state index in [4.69, 9.17) is 5.73 Å². The van der Waals surface area contributed by atoms with E-state index < -0.39 is 0 Å². The molecular weight excluding hydrogens is 276 g/mol. The lowest BCUT2D eigenvalue weighted by molar-refractivity contribution is -0.121. The fraction of sp³-hybridized carbons (Fsp3) is 0.364. The highest BCUT2D eigenvalue weighted by Crippen LogP contribution is 2.05. The Morgan fingerprint density at radius 2 is 2.00 bits per heavy atom. The second kappa shape index (κ2) is 6.61. The van der Waals surface area contributed by atoms with Crippen molar-refractivity contribution in [2.75, 3.05) is 12.4 Å². The summed E-state index contributed by atoms with van der Waals surface area (Å²) in [6.07, 6.45) is 4.64. The third kappa shape index (κ3) is 4.11. The van der Waals surface area contributed by atoms with Gasteiger partial charge >= 0.3 is 0 Å². The first-order chi connectivity index (χ1) is 10.1. The lowest BCUT2D eigenvalue weighted by Crippen LogP contribution is -2.23. The van der Waals surface area contributed by atoms with E-state index in [1.54, 1.807) is 19.4 Å². The van der Waals surface area contributed by atoms with Crippen LogP contribution in [0.25, 0.3) is 0 Å². The number of aromatic nitrogens is 5. The van der Waals surface area contributed by atoms with Crippen LogP contribution >= 0.6 is 0 Å². The zero-order valence-electron chi connectivity index (χ0n) is 11.5. The lowest BCUT2D eigenvalue weighted by atomic mass is 10.4. The minimum absolute atomic E-state index is 0.0215. The van der Waals surface area contributed by atoms with E-state index in [-0.39, 0.29) is 31.4 Å². The van der Waals surface area contributed by atoms with Crippen molar-refractivity contribution in [1.29, 1.82) is 0 Å². The number of nitrogens with two attached hydrogens (primary N) is 1. The summed E-state index contributed by atoms with van der Waals surface area (Å²) in [7, 11) is 1.54. The molecule has 2 aromatic heterocycles. The number of anilines is 1. The first kappa shape index (κ1) is 14.7. The summed E-state index contributed by atoms with van der Waals surface area (Å²) >= 11 is 0. The molecule has 0 aliphatic heterocycles. The summed E-state index contributed by atoms with van der Waals surface area (Å²) < 4.78 is 2.82. The Labute approximate surface area is 120 Å². The molecule has 0 saturated heterocycles. The first-order valence-electron chi connectivity index (χ1n) is 6.22. The standard InChI is InChI=1S/C11H16N8O2/c1-13-10(20)6-18-5-9(3-14-18)15-11(21)7-19-4-8(2-12)16-17-19/h3-5H,2,6-7,12H2,1H3,(H,13,20)(H,15,21). The van der Waals surface area contributed by atoms with Crippen molar-refractivity contribution in [2.24, 2.45) is 5.73 Å². The van der Waals surface area contributed by atoms with Crippen molar-refractivity contribution in [3.05, 3.63) is 24.3 Å². The Morgan fingerprint density at radius 1 is 1.24 bits per heavy atom. The quantitative estimate of drug-likeness (QED) is 0.582. The molecule has 10 heteroatoms. The molecule has 2 amide bonds. The Kier molecular flexibility index (Phi) is 4.61. The van der Waals surface area contributed by atoms with Gasteiger partial charge < -0.3 is 16.4 Å². The maximum atomic E-state index is 11.8. The van der Waals surface area contributed by atoms with Crippen LogP contribution < -0.4 is 16.4 Å². The highest BCUT2D eigenvalue weighted by atomic mass is 16.2. The predicted molar refractivity (Wildman–Crippen MR) is 72.8 cm³/mol. The Balaban J connectivity index is 1.89. The fourth-order valence-electron chi connectivity index (χ4n) is 1.60. The molecule has 0 unspecified atom stereocenters. The van der Waals surface area contributed by atoms with Crippen LogP contribution in [0.2, 0.25) is 0 Å². The molecule has 0 atom stereocenters. The summed E-state index contributed by atoms with van der Waals surface area (Å²) in [5.74, 6) is -0.448. The molecule has 0 saturated carbocycles. The van der Waals surface area contributed by atoms with E-state index in [1.165, 1.54) is 15.6 Å². The van der Waals surface area contributed by atoms with Gasteiger partial charge in [-0.3, -0.25) is 14.3 Å². The number of likely N-dealkylation sites (N-methyl/N-ethyl adjacent to an activating group) is 1. The van der Waals surface area contributed by atoms with Gasteiger partial charge in [0, 0.05) is 19.8 Å². The number of carbonyl (C=O) groups excluding carboxylic acids is 2. The Bertz CT molecular complexity index is 632. The monoisotopic (exact) mass is 292 g/mol. The lowest BCUT2D eigenvalue weighted by Gasteiger charge is -2.02. The zero-order valence-corrected chi connectivity index (χ0v) is 11.5. The van der Waals surface area contributed by atoms with Crippen LogP contribution in [0.5, 0.6) is 0 Å². The maximum Gasteiger partial charge on any atom is 0.246 e. The molecule has 0 fully saturated rings. The van der Waals surface area contributed by atoms with Crippen LogP contribution in [-0.4, -0.2) is 43.6 Å². The highest BCUT2D eigenvalue weighted by Gasteiger charge is 2.08. The summed E-state index contributed by atoms with van der Waals surface area (Å²) in [5, 5.41) is 16.7. The molecule has 0 radical (unpaired) electrons. The van der Waals surface area contributed by atoms with E-state index in [1.807, 2.05) is 0 Å². The largest absolute Gasteiger partial charge is 0.358 e. The van der Waals surface area contributed by atoms with E-state index in [0.29, 0.717) is 11.4 Å². The molecule has 112 valence electrons. The average Bonchev–Trinajstić information content (AvgIpc) is 3.08. The van der Waals surface area contributed by atoms with Crippen LogP contribution in [0, 0.1) is 0 Å². The van der Waals surface area contributed by atoms with Gasteiger partial charge in [0.25, 0.3) is 0 Å². The normalized spacial score (nSPS) is 10.4. The number of rotatable bonds is 6. The molecule has 0 bridgehead atoms. The van der Waals surface area contributed by atoms with Gasteiger partial charge in [-0.05, 0) is 0 Å². The Hall–Kier alpha value is -2.75. The predicted octanol–water partition coefficient (Wildman–Crippen LogP) is -1.68. The smallest absolute Gasteiger partial charge is 0.246 e. The molecule has 21 heavy (non-hydrogen) atoms. The number of hydrogen-bond donors (Lipinski definition) is 3. The fourth-order valence-corrected chi connectivity index (χ4v) is 1.60. The average molecular weight is 292 g/mol. The number of hydrogen-bond acceptors (Lipinski definition) is 6. The van der Waals surface area contributed by atoms with E-state index in [9.17, 15) is 9.59 Å². The van der Waals surface area contributed by atoms with Gasteiger partial charge in [-0.15, -0.1) is 5.10 Å². The number of amides is 2. The summed E-state index contributed by atoms with van der Waals surface area (Å²) in [6.45, 7) is 0.386. The van der Waals surface area contributed by atoms with Crippen molar-refractivity contribution in [3.63, 3.8) is 0 Å². The van der Waals surface area contributed by atoms with Gasteiger partial charge in [-0.2, -0.15) is 5.10 Å². The van der Waals surface area contributed by atoms with Crippen LogP contribution in [0.4, 0.5) is 5.69 Å². The molecule has 0 spiro atoms. The minimum atomic E-state index is -0.275. The minimum Gasteiger partial charge on any atom is -0.358 e. The van der Waals surface area contributed by atoms with Crippen molar-refractivity contribution in [2.45, 2.75) is 19.6 Å². The first-order valence-corrected chi connectivity index (χ1v) is 6.22. The Morgan fingerprint density at radius 3 is 2.67 bits per heavy atom. The third-order valence-electron chi connectivity index (χ3n) is 2.60. The van der Waals surface area contributed by atoms with Gasteiger partial charge in [-0.25, -0.2) is 4.68 Å². The maximum absolute atomic E-state index is 11.8. The topological polar surface area (TPSA) is 133 Å². The number of nitrogens with one attached hydrogen (secondary N) is 2. The van der Waals surface area contributed by atoms with E-state index >= 15 is 0 Å². The number of carbonyl (C=O) groups is 2. The molecular formula is C11H16N8O2. The van der Waals surface area contributed by atoms with Gasteiger partial charge in [-0.1, -0.05) is 5.21 Å². The van der Waals surface area contributed by atoms with Crippen molar-refractivity contribution < 1.29 is 9.59 Å². The van der Waals surface area contributed by atoms with Crippen LogP contribution in [0.15, 0.2) is 18.6 Å². The van der Waals surface area contributed by atoms with Crippen molar-refractivity contribution in [3.8, 4) is 0 Å². The second-order valence-electron chi connectivity index (χ2n) is 4.26. The van der Waals surface area contributed by atoms with Crippen molar-refractivity contribution in [1.82, 2.24) is 30.1 Å². The zero-order chi connectivity index (χ0) is 15.2. The molecule has 0 aliphatic rings. The summed E-state index contributed by atoms with van der Waals surface area (Å²) in [4.78, 5) is 23.0.